The predicted octanol–water partition coefficient (Wildman–Crippen LogP) is 4.61. The lowest BCUT2D eigenvalue weighted by Crippen LogP contribution is -2.16. The Labute approximate surface area is 132 Å². The molecule has 1 amide bonds. The zero-order valence-electron chi connectivity index (χ0n) is 13.2. The minimum Gasteiger partial charge on any atom is -0.493 e. The van der Waals surface area contributed by atoms with E-state index in [9.17, 15) is 4.79 Å². The van der Waals surface area contributed by atoms with Crippen LogP contribution in [0, 0.1) is 0 Å². The van der Waals surface area contributed by atoms with Crippen LogP contribution in [-0.2, 0) is 4.79 Å². The van der Waals surface area contributed by atoms with Crippen molar-refractivity contribution in [1.29, 1.82) is 0 Å². The summed E-state index contributed by atoms with van der Waals surface area (Å²) in [5.74, 6) is 1.19. The zero-order valence-corrected chi connectivity index (χ0v) is 13.2. The number of anilines is 1. The smallest absolute Gasteiger partial charge is 0.227 e. The Morgan fingerprint density at radius 3 is 2.50 bits per heavy atom. The number of hydrogen-bond acceptors (Lipinski definition) is 2. The number of rotatable bonds is 7. The fourth-order valence-corrected chi connectivity index (χ4v) is 2.25. The van der Waals surface area contributed by atoms with Crippen molar-refractivity contribution in [3.63, 3.8) is 0 Å². The minimum absolute atomic E-state index is 0.0216. The van der Waals surface area contributed by atoms with Crippen LogP contribution in [0.15, 0.2) is 54.6 Å². The van der Waals surface area contributed by atoms with Gasteiger partial charge in [0, 0.05) is 5.69 Å². The van der Waals surface area contributed by atoms with Crippen LogP contribution < -0.4 is 10.1 Å². The quantitative estimate of drug-likeness (QED) is 0.810. The van der Waals surface area contributed by atoms with Crippen LogP contribution in [0.4, 0.5) is 5.69 Å². The lowest BCUT2D eigenvalue weighted by Gasteiger charge is -2.15. The molecule has 116 valence electrons. The highest BCUT2D eigenvalue weighted by atomic mass is 16.5. The number of amides is 1. The first-order valence-corrected chi connectivity index (χ1v) is 7.77. The molecule has 0 heterocycles. The van der Waals surface area contributed by atoms with Crippen molar-refractivity contribution in [2.75, 3.05) is 11.9 Å². The van der Waals surface area contributed by atoms with Crippen molar-refractivity contribution in [3.8, 4) is 5.75 Å². The molecule has 1 N–H and O–H groups in total. The molecule has 2 aromatic rings. The highest BCUT2D eigenvalue weighted by Gasteiger charge is 2.10. The first-order valence-electron chi connectivity index (χ1n) is 7.77. The summed E-state index contributed by atoms with van der Waals surface area (Å²) in [5.41, 5.74) is 2.09. The summed E-state index contributed by atoms with van der Waals surface area (Å²) >= 11 is 0. The van der Waals surface area contributed by atoms with Crippen molar-refractivity contribution in [2.24, 2.45) is 0 Å². The van der Waals surface area contributed by atoms with Crippen LogP contribution in [0.25, 0.3) is 0 Å². The second-order valence-corrected chi connectivity index (χ2v) is 5.36. The molecule has 3 heteroatoms. The number of carbonyl (C=O) groups excluding carboxylic acids is 1. The molecule has 1 unspecified atom stereocenters. The van der Waals surface area contributed by atoms with E-state index in [-0.39, 0.29) is 5.91 Å². The molecule has 0 fully saturated rings. The Morgan fingerprint density at radius 1 is 1.09 bits per heavy atom. The molecule has 1 atom stereocenters. The molecule has 3 nitrogen and oxygen atoms in total. The monoisotopic (exact) mass is 297 g/mol. The average molecular weight is 297 g/mol. The van der Waals surface area contributed by atoms with Gasteiger partial charge >= 0.3 is 0 Å². The first kappa shape index (κ1) is 16.1. The summed E-state index contributed by atoms with van der Waals surface area (Å²) in [5, 5.41) is 2.99. The number of hydrogen-bond donors (Lipinski definition) is 1. The van der Waals surface area contributed by atoms with Crippen molar-refractivity contribution in [3.05, 3.63) is 60.2 Å². The van der Waals surface area contributed by atoms with Gasteiger partial charge in [0.1, 0.15) is 5.75 Å². The maximum atomic E-state index is 12.1. The van der Waals surface area contributed by atoms with Crippen LogP contribution in [0.1, 0.15) is 38.2 Å². The van der Waals surface area contributed by atoms with E-state index in [1.54, 1.807) is 0 Å². The molecule has 0 saturated carbocycles. The van der Waals surface area contributed by atoms with Gasteiger partial charge in [0.2, 0.25) is 5.91 Å². The predicted molar refractivity (Wildman–Crippen MR) is 90.3 cm³/mol. The standard InChI is InChI=1S/C19H23NO2/c1-3-15(2)17-11-7-8-12-18(17)20-19(21)13-14-22-16-9-5-4-6-10-16/h4-12,15H,3,13-14H2,1-2H3,(H,20,21). The van der Waals surface area contributed by atoms with Crippen molar-refractivity contribution < 1.29 is 9.53 Å². The van der Waals surface area contributed by atoms with E-state index >= 15 is 0 Å². The van der Waals surface area contributed by atoms with Gasteiger partial charge in [-0.2, -0.15) is 0 Å². The molecule has 2 aromatic carbocycles. The molecule has 22 heavy (non-hydrogen) atoms. The Bertz CT molecular complexity index is 595. The SMILES string of the molecule is CCC(C)c1ccccc1NC(=O)CCOc1ccccc1. The summed E-state index contributed by atoms with van der Waals surface area (Å²) in [6, 6.07) is 17.5. The van der Waals surface area contributed by atoms with E-state index in [1.807, 2.05) is 48.5 Å². The van der Waals surface area contributed by atoms with Gasteiger partial charge in [-0.05, 0) is 36.1 Å². The number of nitrogens with one attached hydrogen (secondary N) is 1. The van der Waals surface area contributed by atoms with Crippen LogP contribution in [-0.4, -0.2) is 12.5 Å². The Kier molecular flexibility index (Phi) is 6.01. The lowest BCUT2D eigenvalue weighted by molar-refractivity contribution is -0.116. The normalized spacial score (nSPS) is 11.7. The second-order valence-electron chi connectivity index (χ2n) is 5.36. The second kappa shape index (κ2) is 8.23. The van der Waals surface area contributed by atoms with Gasteiger partial charge in [-0.3, -0.25) is 4.79 Å². The maximum Gasteiger partial charge on any atom is 0.227 e. The third-order valence-corrected chi connectivity index (χ3v) is 3.72. The molecule has 0 aliphatic rings. The largest absolute Gasteiger partial charge is 0.493 e. The topological polar surface area (TPSA) is 38.3 Å². The van der Waals surface area contributed by atoms with E-state index in [2.05, 4.69) is 25.2 Å². The molecule has 0 aliphatic heterocycles. The third-order valence-electron chi connectivity index (χ3n) is 3.72. The molecule has 0 aliphatic carbocycles. The molecule has 0 bridgehead atoms. The van der Waals surface area contributed by atoms with Gasteiger partial charge in [0.05, 0.1) is 13.0 Å². The zero-order chi connectivity index (χ0) is 15.8. The maximum absolute atomic E-state index is 12.1. The number of para-hydroxylation sites is 2. The van der Waals surface area contributed by atoms with Crippen molar-refractivity contribution in [1.82, 2.24) is 0 Å². The van der Waals surface area contributed by atoms with E-state index < -0.39 is 0 Å². The van der Waals surface area contributed by atoms with Gasteiger partial charge in [0.15, 0.2) is 0 Å². The molecule has 2 rings (SSSR count). The van der Waals surface area contributed by atoms with Gasteiger partial charge in [-0.15, -0.1) is 0 Å². The molecule has 0 spiro atoms. The average Bonchev–Trinajstić information content (AvgIpc) is 2.55. The number of carbonyl (C=O) groups is 1. The van der Waals surface area contributed by atoms with Crippen LogP contribution >= 0.6 is 0 Å². The summed E-state index contributed by atoms with van der Waals surface area (Å²) < 4.78 is 5.55. The van der Waals surface area contributed by atoms with Crippen LogP contribution in [0.5, 0.6) is 5.75 Å². The summed E-state index contributed by atoms with van der Waals surface area (Å²) in [6.07, 6.45) is 1.38. The highest BCUT2D eigenvalue weighted by molar-refractivity contribution is 5.91. The van der Waals surface area contributed by atoms with Gasteiger partial charge in [0.25, 0.3) is 0 Å². The van der Waals surface area contributed by atoms with Crippen LogP contribution in [0.3, 0.4) is 0 Å². The fraction of sp³-hybridized carbons (Fsp3) is 0.316. The van der Waals surface area contributed by atoms with E-state index in [4.69, 9.17) is 4.74 Å². The highest BCUT2D eigenvalue weighted by Crippen LogP contribution is 2.26. The van der Waals surface area contributed by atoms with Gasteiger partial charge in [-0.25, -0.2) is 0 Å². The number of ether oxygens (including phenoxy) is 1. The molecule has 0 radical (unpaired) electrons. The first-order chi connectivity index (χ1) is 10.7. The molecular weight excluding hydrogens is 274 g/mol. The minimum atomic E-state index is -0.0216. The van der Waals surface area contributed by atoms with E-state index in [1.165, 1.54) is 5.56 Å². The summed E-state index contributed by atoms with van der Waals surface area (Å²) in [4.78, 5) is 12.1. The lowest BCUT2D eigenvalue weighted by atomic mass is 9.97. The Morgan fingerprint density at radius 2 is 1.77 bits per heavy atom. The fourth-order valence-electron chi connectivity index (χ4n) is 2.25. The van der Waals surface area contributed by atoms with Crippen molar-refractivity contribution in [2.45, 2.75) is 32.6 Å². The summed E-state index contributed by atoms with van der Waals surface area (Å²) in [6.45, 7) is 4.70. The Balaban J connectivity index is 1.87. The van der Waals surface area contributed by atoms with E-state index in [0.717, 1.165) is 17.9 Å². The Hall–Kier alpha value is -2.29. The van der Waals surface area contributed by atoms with Crippen LogP contribution in [0.2, 0.25) is 0 Å². The molecule has 0 aromatic heterocycles. The van der Waals surface area contributed by atoms with E-state index in [0.29, 0.717) is 18.9 Å². The number of benzene rings is 2. The summed E-state index contributed by atoms with van der Waals surface area (Å²) in [7, 11) is 0. The third kappa shape index (κ3) is 4.62. The van der Waals surface area contributed by atoms with Gasteiger partial charge < -0.3 is 10.1 Å². The van der Waals surface area contributed by atoms with Gasteiger partial charge in [-0.1, -0.05) is 50.2 Å². The van der Waals surface area contributed by atoms with Crippen molar-refractivity contribution >= 4 is 11.6 Å². The molecule has 0 saturated heterocycles. The molecular formula is C19H23NO2.